The summed E-state index contributed by atoms with van der Waals surface area (Å²) in [6.07, 6.45) is 3.58. The van der Waals surface area contributed by atoms with Gasteiger partial charge in [0.1, 0.15) is 5.76 Å². The summed E-state index contributed by atoms with van der Waals surface area (Å²) in [5.74, 6) is 1.26. The minimum atomic E-state index is -0.160. The van der Waals surface area contributed by atoms with Crippen LogP contribution in [-0.2, 0) is 0 Å². The molecule has 0 unspecified atom stereocenters. The number of amides is 3. The van der Waals surface area contributed by atoms with E-state index in [1.165, 1.54) is 0 Å². The Bertz CT molecular complexity index is 944. The quantitative estimate of drug-likeness (QED) is 0.772. The molecule has 0 bridgehead atoms. The van der Waals surface area contributed by atoms with E-state index >= 15 is 0 Å². The van der Waals surface area contributed by atoms with Crippen LogP contribution in [0.5, 0.6) is 0 Å². The molecule has 0 saturated carbocycles. The second-order valence-electron chi connectivity index (χ2n) is 8.13. The van der Waals surface area contributed by atoms with Crippen molar-refractivity contribution in [3.05, 3.63) is 46.1 Å². The van der Waals surface area contributed by atoms with Crippen LogP contribution in [0.1, 0.15) is 59.3 Å². The standard InChI is InChI=1S/C22H27ClN4O3/c1-14-5-6-18(17(23)13-14)24-22(29)27-11-7-16(8-12-27)20-25-19(15(2)30-20)21(28)26-9-3-4-10-26/h5-6,13,16H,3-4,7-12H2,1-2H3,(H,24,29). The van der Waals surface area contributed by atoms with Crippen LogP contribution < -0.4 is 5.32 Å². The van der Waals surface area contributed by atoms with Gasteiger partial charge in [-0.2, -0.15) is 0 Å². The van der Waals surface area contributed by atoms with Crippen LogP contribution in [0.25, 0.3) is 0 Å². The zero-order valence-electron chi connectivity index (χ0n) is 17.4. The lowest BCUT2D eigenvalue weighted by Gasteiger charge is -2.30. The van der Waals surface area contributed by atoms with Crippen LogP contribution in [0.4, 0.5) is 10.5 Å². The number of piperidine rings is 1. The maximum absolute atomic E-state index is 12.7. The highest BCUT2D eigenvalue weighted by molar-refractivity contribution is 6.33. The van der Waals surface area contributed by atoms with E-state index in [0.29, 0.717) is 41.1 Å². The van der Waals surface area contributed by atoms with Crippen molar-refractivity contribution >= 4 is 29.2 Å². The zero-order valence-corrected chi connectivity index (χ0v) is 18.2. The summed E-state index contributed by atoms with van der Waals surface area (Å²) < 4.78 is 5.86. The number of benzene rings is 1. The highest BCUT2D eigenvalue weighted by atomic mass is 35.5. The van der Waals surface area contributed by atoms with E-state index in [9.17, 15) is 9.59 Å². The number of nitrogens with zero attached hydrogens (tertiary/aromatic N) is 3. The van der Waals surface area contributed by atoms with Crippen molar-refractivity contribution in [3.63, 3.8) is 0 Å². The molecular weight excluding hydrogens is 404 g/mol. The summed E-state index contributed by atoms with van der Waals surface area (Å²) >= 11 is 6.22. The Hall–Kier alpha value is -2.54. The molecule has 2 aliphatic rings. The van der Waals surface area contributed by atoms with E-state index in [1.54, 1.807) is 11.8 Å². The van der Waals surface area contributed by atoms with E-state index in [2.05, 4.69) is 10.3 Å². The molecule has 3 amide bonds. The molecule has 0 radical (unpaired) electrons. The number of rotatable bonds is 3. The molecule has 1 aromatic heterocycles. The molecule has 2 aromatic rings. The number of urea groups is 1. The molecule has 0 spiro atoms. The van der Waals surface area contributed by atoms with Gasteiger partial charge in [-0.05, 0) is 57.2 Å². The number of halogens is 1. The first-order valence-electron chi connectivity index (χ1n) is 10.5. The first-order chi connectivity index (χ1) is 14.4. The van der Waals surface area contributed by atoms with Crippen molar-refractivity contribution in [2.75, 3.05) is 31.5 Å². The van der Waals surface area contributed by atoms with Gasteiger partial charge in [-0.1, -0.05) is 17.7 Å². The van der Waals surface area contributed by atoms with Gasteiger partial charge in [0.25, 0.3) is 5.91 Å². The Morgan fingerprint density at radius 2 is 1.80 bits per heavy atom. The predicted octanol–water partition coefficient (Wildman–Crippen LogP) is 4.59. The molecule has 2 fully saturated rings. The van der Waals surface area contributed by atoms with Gasteiger partial charge in [-0.25, -0.2) is 9.78 Å². The second-order valence-corrected chi connectivity index (χ2v) is 8.54. The molecule has 0 aliphatic carbocycles. The Kier molecular flexibility index (Phi) is 5.99. The van der Waals surface area contributed by atoms with Gasteiger partial charge >= 0.3 is 6.03 Å². The highest BCUT2D eigenvalue weighted by Crippen LogP contribution is 2.30. The number of likely N-dealkylation sites (tertiary alicyclic amines) is 2. The normalized spacial score (nSPS) is 17.4. The van der Waals surface area contributed by atoms with Gasteiger partial charge in [0.05, 0.1) is 10.7 Å². The molecule has 2 saturated heterocycles. The largest absolute Gasteiger partial charge is 0.445 e. The van der Waals surface area contributed by atoms with Crippen molar-refractivity contribution in [2.24, 2.45) is 0 Å². The van der Waals surface area contributed by atoms with Crippen LogP contribution in [0.15, 0.2) is 22.6 Å². The molecular formula is C22H27ClN4O3. The van der Waals surface area contributed by atoms with Crippen molar-refractivity contribution < 1.29 is 14.0 Å². The summed E-state index contributed by atoms with van der Waals surface area (Å²) in [5.41, 5.74) is 2.09. The summed E-state index contributed by atoms with van der Waals surface area (Å²) in [6.45, 7) is 6.52. The van der Waals surface area contributed by atoms with Crippen molar-refractivity contribution in [1.82, 2.24) is 14.8 Å². The van der Waals surface area contributed by atoms with Crippen LogP contribution in [0.2, 0.25) is 5.02 Å². The lowest BCUT2D eigenvalue weighted by molar-refractivity contribution is 0.0786. The minimum absolute atomic E-state index is 0.0354. The number of carbonyl (C=O) groups is 2. The molecule has 3 heterocycles. The summed E-state index contributed by atoms with van der Waals surface area (Å²) in [7, 11) is 0. The molecule has 7 nitrogen and oxygen atoms in total. The van der Waals surface area contributed by atoms with Gasteiger partial charge < -0.3 is 19.5 Å². The lowest BCUT2D eigenvalue weighted by atomic mass is 9.97. The number of hydrogen-bond donors (Lipinski definition) is 1. The van der Waals surface area contributed by atoms with Gasteiger partial charge in [-0.15, -0.1) is 0 Å². The van der Waals surface area contributed by atoms with E-state index < -0.39 is 0 Å². The van der Waals surface area contributed by atoms with Crippen LogP contribution in [0.3, 0.4) is 0 Å². The van der Waals surface area contributed by atoms with Crippen molar-refractivity contribution in [2.45, 2.75) is 45.4 Å². The Labute approximate surface area is 181 Å². The number of oxazole rings is 1. The molecule has 2 aliphatic heterocycles. The van der Waals surface area contributed by atoms with Gasteiger partial charge in [0, 0.05) is 32.1 Å². The SMILES string of the molecule is Cc1ccc(NC(=O)N2CCC(c3nc(C(=O)N4CCCC4)c(C)o3)CC2)c(Cl)c1. The average molecular weight is 431 g/mol. The smallest absolute Gasteiger partial charge is 0.321 e. The third-order valence-electron chi connectivity index (χ3n) is 5.91. The van der Waals surface area contributed by atoms with Crippen molar-refractivity contribution in [1.29, 1.82) is 0 Å². The molecule has 1 N–H and O–H groups in total. The monoisotopic (exact) mass is 430 g/mol. The van der Waals surface area contributed by atoms with Crippen LogP contribution >= 0.6 is 11.6 Å². The predicted molar refractivity (Wildman–Crippen MR) is 115 cm³/mol. The molecule has 4 rings (SSSR count). The molecule has 1 aromatic carbocycles. The fourth-order valence-corrected chi connectivity index (χ4v) is 4.39. The number of hydrogen-bond acceptors (Lipinski definition) is 4. The number of nitrogens with one attached hydrogen (secondary N) is 1. The third kappa shape index (κ3) is 4.31. The second kappa shape index (κ2) is 8.68. The number of carbonyl (C=O) groups excluding carboxylic acids is 2. The van der Waals surface area contributed by atoms with Gasteiger partial charge in [0.2, 0.25) is 0 Å². The summed E-state index contributed by atoms with van der Waals surface area (Å²) in [4.78, 5) is 33.4. The van der Waals surface area contributed by atoms with Crippen LogP contribution in [0, 0.1) is 13.8 Å². The number of aryl methyl sites for hydroxylation is 2. The van der Waals surface area contributed by atoms with E-state index in [0.717, 1.165) is 44.3 Å². The zero-order chi connectivity index (χ0) is 21.3. The topological polar surface area (TPSA) is 78.7 Å². The van der Waals surface area contributed by atoms with E-state index in [-0.39, 0.29) is 17.9 Å². The molecule has 160 valence electrons. The molecule has 0 atom stereocenters. The van der Waals surface area contributed by atoms with Crippen LogP contribution in [-0.4, -0.2) is 52.9 Å². The van der Waals surface area contributed by atoms with E-state index in [1.807, 2.05) is 30.0 Å². The van der Waals surface area contributed by atoms with E-state index in [4.69, 9.17) is 16.0 Å². The lowest BCUT2D eigenvalue weighted by Crippen LogP contribution is -2.40. The average Bonchev–Trinajstić information content (AvgIpc) is 3.40. The highest BCUT2D eigenvalue weighted by Gasteiger charge is 2.30. The summed E-state index contributed by atoms with van der Waals surface area (Å²) in [6, 6.07) is 5.40. The Morgan fingerprint density at radius 3 is 2.47 bits per heavy atom. The Balaban J connectivity index is 1.36. The number of anilines is 1. The van der Waals surface area contributed by atoms with Crippen molar-refractivity contribution in [3.8, 4) is 0 Å². The first kappa shape index (κ1) is 20.7. The number of aromatic nitrogens is 1. The maximum Gasteiger partial charge on any atom is 0.321 e. The maximum atomic E-state index is 12.7. The Morgan fingerprint density at radius 1 is 1.10 bits per heavy atom. The van der Waals surface area contributed by atoms with Gasteiger partial charge in [0.15, 0.2) is 11.6 Å². The fourth-order valence-electron chi connectivity index (χ4n) is 4.11. The third-order valence-corrected chi connectivity index (χ3v) is 6.22. The first-order valence-corrected chi connectivity index (χ1v) is 10.9. The molecule has 30 heavy (non-hydrogen) atoms. The molecule has 8 heteroatoms. The van der Waals surface area contributed by atoms with Gasteiger partial charge in [-0.3, -0.25) is 4.79 Å². The minimum Gasteiger partial charge on any atom is -0.445 e. The fraction of sp³-hybridized carbons (Fsp3) is 0.500. The summed E-state index contributed by atoms with van der Waals surface area (Å²) in [5, 5.41) is 3.42.